The molecule has 0 aliphatic heterocycles. The Labute approximate surface area is 409 Å². The van der Waals surface area contributed by atoms with Crippen molar-refractivity contribution < 1.29 is 28.6 Å². The molecule has 370 valence electrons. The zero-order valence-corrected chi connectivity index (χ0v) is 42.1. The summed E-state index contributed by atoms with van der Waals surface area (Å²) in [5.74, 6) is -1.17. The molecule has 0 N–H and O–H groups in total. The number of ether oxygens (including phenoxy) is 3. The van der Waals surface area contributed by atoms with Gasteiger partial charge >= 0.3 is 17.9 Å². The molecule has 0 radical (unpaired) electrons. The monoisotopic (exact) mass is 919 g/mol. The molecule has 0 aliphatic rings. The van der Waals surface area contributed by atoms with Crippen molar-refractivity contribution in [2.45, 2.75) is 181 Å². The molecule has 1 unspecified atom stereocenters. The van der Waals surface area contributed by atoms with E-state index in [1.165, 1.54) is 38.5 Å². The zero-order valence-electron chi connectivity index (χ0n) is 42.1. The van der Waals surface area contributed by atoms with Gasteiger partial charge in [-0.25, -0.2) is 0 Å². The number of unbranched alkanes of at least 4 members (excludes halogenated alkanes) is 9. The maximum atomic E-state index is 12.8. The second-order valence-corrected chi connectivity index (χ2v) is 16.1. The summed E-state index contributed by atoms with van der Waals surface area (Å²) >= 11 is 0. The molecule has 0 rings (SSSR count). The van der Waals surface area contributed by atoms with Gasteiger partial charge in [-0.05, 0) is 96.3 Å². The van der Waals surface area contributed by atoms with Crippen LogP contribution in [0.5, 0.6) is 0 Å². The van der Waals surface area contributed by atoms with Crippen LogP contribution in [0.3, 0.4) is 0 Å². The molecule has 0 saturated heterocycles. The van der Waals surface area contributed by atoms with Gasteiger partial charge in [0, 0.05) is 19.3 Å². The Morgan fingerprint density at radius 3 is 1.15 bits per heavy atom. The molecule has 0 aromatic heterocycles. The van der Waals surface area contributed by atoms with Crippen LogP contribution in [0.2, 0.25) is 0 Å². The predicted octanol–water partition coefficient (Wildman–Crippen LogP) is 17.2. The van der Waals surface area contributed by atoms with E-state index in [0.29, 0.717) is 19.3 Å². The summed E-state index contributed by atoms with van der Waals surface area (Å²) in [5, 5.41) is 0. The molecule has 0 amide bonds. The maximum absolute atomic E-state index is 12.8. The number of esters is 3. The Morgan fingerprint density at radius 2 is 0.687 bits per heavy atom. The highest BCUT2D eigenvalue weighted by molar-refractivity contribution is 5.71. The third-order valence-electron chi connectivity index (χ3n) is 9.87. The molecule has 6 heteroatoms. The summed E-state index contributed by atoms with van der Waals surface area (Å²) < 4.78 is 16.6. The lowest BCUT2D eigenvalue weighted by Gasteiger charge is -2.18. The predicted molar refractivity (Wildman–Crippen MR) is 288 cm³/mol. The van der Waals surface area contributed by atoms with Crippen LogP contribution in [0.15, 0.2) is 170 Å². The Bertz CT molecular complexity index is 1620. The van der Waals surface area contributed by atoms with Crippen LogP contribution >= 0.6 is 0 Å². The van der Waals surface area contributed by atoms with E-state index < -0.39 is 18.0 Å². The van der Waals surface area contributed by atoms with E-state index in [4.69, 9.17) is 14.2 Å². The third-order valence-corrected chi connectivity index (χ3v) is 9.87. The van der Waals surface area contributed by atoms with Crippen molar-refractivity contribution in [3.63, 3.8) is 0 Å². The number of hydrogen-bond acceptors (Lipinski definition) is 6. The van der Waals surface area contributed by atoms with Crippen LogP contribution in [0, 0.1) is 0 Å². The molecule has 0 heterocycles. The smallest absolute Gasteiger partial charge is 0.306 e. The van der Waals surface area contributed by atoms with Crippen molar-refractivity contribution in [1.82, 2.24) is 0 Å². The van der Waals surface area contributed by atoms with Crippen molar-refractivity contribution in [2.75, 3.05) is 13.2 Å². The summed E-state index contributed by atoms with van der Waals surface area (Å²) in [5.41, 5.74) is 0. The molecule has 1 atom stereocenters. The van der Waals surface area contributed by atoms with Crippen LogP contribution < -0.4 is 0 Å². The summed E-state index contributed by atoms with van der Waals surface area (Å²) in [6.45, 7) is 6.18. The van der Waals surface area contributed by atoms with Gasteiger partial charge in [-0.15, -0.1) is 0 Å². The van der Waals surface area contributed by atoms with E-state index in [1.54, 1.807) is 0 Å². The molecule has 0 spiro atoms. The summed E-state index contributed by atoms with van der Waals surface area (Å²) in [6, 6.07) is 0. The normalized spacial score (nSPS) is 13.5. The molecule has 0 aromatic rings. The SMILES string of the molecule is CC/C=C/C=C/C=C/C=C/C=C/C=C/CCCCCC(=O)OC(COC(=O)CC/C=C/C/C=C/C/C=C/C/C=C/C/C=C/C/C=C/CC)COC(=O)CC/C=C/C/C=C/CCCCCCCC. The van der Waals surface area contributed by atoms with Gasteiger partial charge in [0.1, 0.15) is 13.2 Å². The van der Waals surface area contributed by atoms with Gasteiger partial charge in [-0.2, -0.15) is 0 Å². The van der Waals surface area contributed by atoms with Gasteiger partial charge in [-0.3, -0.25) is 14.4 Å². The topological polar surface area (TPSA) is 78.9 Å². The zero-order chi connectivity index (χ0) is 48.6. The molecule has 0 aromatic carbocycles. The van der Waals surface area contributed by atoms with E-state index in [9.17, 15) is 14.4 Å². The van der Waals surface area contributed by atoms with Crippen molar-refractivity contribution in [3.05, 3.63) is 170 Å². The minimum atomic E-state index is -0.864. The van der Waals surface area contributed by atoms with Gasteiger partial charge in [0.15, 0.2) is 6.10 Å². The molecular formula is C61H90O6. The molecule has 0 fully saturated rings. The van der Waals surface area contributed by atoms with E-state index in [-0.39, 0.29) is 38.4 Å². The highest BCUT2D eigenvalue weighted by atomic mass is 16.6. The van der Waals surface area contributed by atoms with Crippen LogP contribution in [-0.4, -0.2) is 37.2 Å². The van der Waals surface area contributed by atoms with Crippen LogP contribution in [-0.2, 0) is 28.6 Å². The standard InChI is InChI=1S/C61H90O6/c1-4-7-10-13-16-19-22-25-27-29-30-32-33-36-39-42-45-48-51-54-60(63)66-57-58(56-65-59(62)53-50-47-44-41-38-35-24-21-18-15-12-9-6-3)67-61(64)55-52-49-46-43-40-37-34-31-28-26-23-20-17-14-11-8-5-2/h7-8,10-11,14,16-17,19-20,23,25-28,30-32,34-40,44-45,47-48,58H,4-6,9,12-13,15,18,21-22,24,29,33,41-43,46,49-57H2,1-3H3/b10-7+,11-8+,17-14+,19-16+,23-20+,27-25+,28-26+,32-30+,34-31+,38-35+,39-36+,40-37+,47-44+,48-45+. The largest absolute Gasteiger partial charge is 0.462 e. The third kappa shape index (κ3) is 51.6. The Morgan fingerprint density at radius 1 is 0.328 bits per heavy atom. The number of carbonyl (C=O) groups is 3. The quantitative estimate of drug-likeness (QED) is 0.0199. The fourth-order valence-electron chi connectivity index (χ4n) is 6.08. The molecule has 0 bridgehead atoms. The number of carbonyl (C=O) groups excluding carboxylic acids is 3. The van der Waals surface area contributed by atoms with Crippen molar-refractivity contribution >= 4 is 17.9 Å². The van der Waals surface area contributed by atoms with Gasteiger partial charge < -0.3 is 14.2 Å². The van der Waals surface area contributed by atoms with Crippen LogP contribution in [0.1, 0.15) is 175 Å². The number of rotatable bonds is 43. The molecule has 0 saturated carbocycles. The lowest BCUT2D eigenvalue weighted by atomic mass is 10.1. The minimum absolute atomic E-state index is 0.159. The first kappa shape index (κ1) is 61.8. The fourth-order valence-corrected chi connectivity index (χ4v) is 6.08. The summed E-state index contributed by atoms with van der Waals surface area (Å²) in [7, 11) is 0. The molecule has 6 nitrogen and oxygen atoms in total. The highest BCUT2D eigenvalue weighted by Gasteiger charge is 2.19. The first-order valence-corrected chi connectivity index (χ1v) is 25.7. The second kappa shape index (κ2) is 53.4. The van der Waals surface area contributed by atoms with Crippen molar-refractivity contribution in [1.29, 1.82) is 0 Å². The van der Waals surface area contributed by atoms with Gasteiger partial charge in [0.05, 0.1) is 0 Å². The Kier molecular flexibility index (Phi) is 49.2. The summed E-state index contributed by atoms with van der Waals surface area (Å²) in [6.07, 6.45) is 79.3. The van der Waals surface area contributed by atoms with E-state index in [0.717, 1.165) is 77.0 Å². The highest BCUT2D eigenvalue weighted by Crippen LogP contribution is 2.10. The first-order chi connectivity index (χ1) is 33.0. The van der Waals surface area contributed by atoms with Gasteiger partial charge in [0.25, 0.3) is 0 Å². The average Bonchev–Trinajstić information content (AvgIpc) is 3.33. The first-order valence-electron chi connectivity index (χ1n) is 25.7. The van der Waals surface area contributed by atoms with Gasteiger partial charge in [-0.1, -0.05) is 229 Å². The average molecular weight is 919 g/mol. The van der Waals surface area contributed by atoms with E-state index >= 15 is 0 Å². The van der Waals surface area contributed by atoms with Gasteiger partial charge in [0.2, 0.25) is 0 Å². The second-order valence-electron chi connectivity index (χ2n) is 16.1. The molecule has 0 aliphatic carbocycles. The lowest BCUT2D eigenvalue weighted by molar-refractivity contribution is -0.166. The minimum Gasteiger partial charge on any atom is -0.462 e. The Hall–Kier alpha value is -5.23. The van der Waals surface area contributed by atoms with Crippen molar-refractivity contribution in [3.8, 4) is 0 Å². The maximum Gasteiger partial charge on any atom is 0.306 e. The van der Waals surface area contributed by atoms with E-state index in [2.05, 4.69) is 112 Å². The van der Waals surface area contributed by atoms with Crippen molar-refractivity contribution in [2.24, 2.45) is 0 Å². The molecule has 67 heavy (non-hydrogen) atoms. The lowest BCUT2D eigenvalue weighted by Crippen LogP contribution is -2.30. The van der Waals surface area contributed by atoms with Crippen LogP contribution in [0.25, 0.3) is 0 Å². The Balaban J connectivity index is 4.70. The summed E-state index contributed by atoms with van der Waals surface area (Å²) in [4.78, 5) is 37.9. The molecular weight excluding hydrogens is 829 g/mol. The number of allylic oxidation sites excluding steroid dienone is 28. The fraction of sp³-hybridized carbons (Fsp3) is 0.492. The number of hydrogen-bond donors (Lipinski definition) is 0. The van der Waals surface area contributed by atoms with E-state index in [1.807, 2.05) is 79.0 Å². The van der Waals surface area contributed by atoms with Crippen LogP contribution in [0.4, 0.5) is 0 Å².